The zero-order chi connectivity index (χ0) is 17.0. The zero-order valence-corrected chi connectivity index (χ0v) is 12.1. The number of aldehydes is 1. The van der Waals surface area contributed by atoms with Crippen LogP contribution < -0.4 is 0 Å². The van der Waals surface area contributed by atoms with Crippen LogP contribution in [0, 0.1) is 46.9 Å². The molecule has 7 heteroatoms. The summed E-state index contributed by atoms with van der Waals surface area (Å²) in [6.45, 7) is 3.79. The van der Waals surface area contributed by atoms with Gasteiger partial charge in [-0.2, -0.15) is 0 Å². The minimum absolute atomic E-state index is 0.394. The van der Waals surface area contributed by atoms with Crippen molar-refractivity contribution in [3.63, 3.8) is 0 Å². The first kappa shape index (κ1) is 16.5. The lowest BCUT2D eigenvalue weighted by atomic mass is 9.87. The Morgan fingerprint density at radius 2 is 1.59 bits per heavy atom. The van der Waals surface area contributed by atoms with Crippen molar-refractivity contribution < 1.29 is 32.3 Å². The fourth-order valence-electron chi connectivity index (χ4n) is 3.22. The van der Waals surface area contributed by atoms with Gasteiger partial charge in [0.2, 0.25) is 0 Å². The van der Waals surface area contributed by atoms with Crippen molar-refractivity contribution in [2.24, 2.45) is 16.7 Å². The molecule has 22 heavy (non-hydrogen) atoms. The number of carboxylic acids is 1. The molecule has 0 saturated heterocycles. The number of carbonyl (C=O) groups is 2. The first-order valence-corrected chi connectivity index (χ1v) is 6.54. The summed E-state index contributed by atoms with van der Waals surface area (Å²) in [6, 6.07) is 0. The van der Waals surface area contributed by atoms with Crippen LogP contribution in [0.25, 0.3) is 0 Å². The average molecular weight is 318 g/mol. The van der Waals surface area contributed by atoms with Crippen LogP contribution in [0.4, 0.5) is 17.6 Å². The van der Waals surface area contributed by atoms with Crippen LogP contribution in [0.5, 0.6) is 0 Å². The number of benzene rings is 1. The van der Waals surface area contributed by atoms with Gasteiger partial charge in [0.25, 0.3) is 0 Å². The lowest BCUT2D eigenvalue weighted by Gasteiger charge is -2.17. The fraction of sp³-hybridized carbons (Fsp3) is 0.467. The molecule has 3 nitrogen and oxygen atoms in total. The maximum absolute atomic E-state index is 13.9. The zero-order valence-electron chi connectivity index (χ0n) is 12.1. The molecular weight excluding hydrogens is 304 g/mol. The summed E-state index contributed by atoms with van der Waals surface area (Å²) in [7, 11) is 0. The molecule has 1 aliphatic rings. The van der Waals surface area contributed by atoms with Crippen molar-refractivity contribution in [3.05, 3.63) is 34.4 Å². The third-order valence-electron chi connectivity index (χ3n) is 4.92. The molecule has 0 amide bonds. The Morgan fingerprint density at radius 3 is 1.91 bits per heavy atom. The van der Waals surface area contributed by atoms with E-state index in [2.05, 4.69) is 0 Å². The molecular formula is C15H14F4O3. The van der Waals surface area contributed by atoms with E-state index in [4.69, 9.17) is 0 Å². The van der Waals surface area contributed by atoms with Gasteiger partial charge in [-0.15, -0.1) is 0 Å². The highest BCUT2D eigenvalue weighted by Gasteiger charge is 2.76. The van der Waals surface area contributed by atoms with Crippen LogP contribution >= 0.6 is 0 Å². The highest BCUT2D eigenvalue weighted by atomic mass is 19.2. The van der Waals surface area contributed by atoms with Crippen LogP contribution in [0.2, 0.25) is 0 Å². The molecule has 120 valence electrons. The average Bonchev–Trinajstić information content (AvgIpc) is 2.95. The molecule has 0 radical (unpaired) electrons. The molecule has 1 unspecified atom stereocenters. The SMILES string of the molecule is Cc1c(F)c(F)c(C[C@@]2(C(=O)O)C(C=O)C2(C)C)c(F)c1F. The van der Waals surface area contributed by atoms with E-state index in [9.17, 15) is 32.3 Å². The van der Waals surface area contributed by atoms with Crippen molar-refractivity contribution >= 4 is 12.3 Å². The van der Waals surface area contributed by atoms with Gasteiger partial charge < -0.3 is 9.90 Å². The summed E-state index contributed by atoms with van der Waals surface area (Å²) in [5, 5.41) is 9.39. The summed E-state index contributed by atoms with van der Waals surface area (Å²) < 4.78 is 55.1. The molecule has 1 aromatic rings. The molecule has 0 aliphatic heterocycles. The van der Waals surface area contributed by atoms with E-state index in [1.54, 1.807) is 0 Å². The Bertz CT molecular complexity index is 655. The number of halogens is 4. The summed E-state index contributed by atoms with van der Waals surface area (Å²) in [4.78, 5) is 22.6. The number of carbonyl (C=O) groups excluding carboxylic acids is 1. The van der Waals surface area contributed by atoms with E-state index in [0.717, 1.165) is 6.92 Å². The van der Waals surface area contributed by atoms with E-state index < -0.39 is 63.5 Å². The molecule has 1 aromatic carbocycles. The van der Waals surface area contributed by atoms with Gasteiger partial charge in [0.1, 0.15) is 6.29 Å². The highest BCUT2D eigenvalue weighted by Crippen LogP contribution is 2.69. The van der Waals surface area contributed by atoms with E-state index in [0.29, 0.717) is 6.29 Å². The monoisotopic (exact) mass is 318 g/mol. The summed E-state index contributed by atoms with van der Waals surface area (Å²) in [6.07, 6.45) is -0.407. The third kappa shape index (κ3) is 1.80. The van der Waals surface area contributed by atoms with Crippen molar-refractivity contribution in [2.75, 3.05) is 0 Å². The molecule has 0 spiro atoms. The first-order chi connectivity index (χ1) is 10.0. The Morgan fingerprint density at radius 1 is 1.14 bits per heavy atom. The fourth-order valence-corrected chi connectivity index (χ4v) is 3.22. The molecule has 1 N–H and O–H groups in total. The van der Waals surface area contributed by atoms with Crippen LogP contribution in [-0.2, 0) is 16.0 Å². The number of carboxylic acid groups (broad SMARTS) is 1. The summed E-state index contributed by atoms with van der Waals surface area (Å²) in [5.41, 5.74) is -4.66. The number of hydrogen-bond donors (Lipinski definition) is 1. The summed E-state index contributed by atoms with van der Waals surface area (Å²) in [5.74, 6) is -8.79. The van der Waals surface area contributed by atoms with Crippen LogP contribution in [0.3, 0.4) is 0 Å². The number of rotatable bonds is 4. The predicted octanol–water partition coefficient (Wildman–Crippen LogP) is 3.02. The standard InChI is InChI=1S/C15H14F4O3/c1-6-9(16)11(18)7(12(19)10(6)17)4-15(13(21)22)8(5-20)14(15,2)3/h5,8H,4H2,1-3H3,(H,21,22)/t8?,15-/m0/s1. The van der Waals surface area contributed by atoms with Crippen LogP contribution in [-0.4, -0.2) is 17.4 Å². The third-order valence-corrected chi connectivity index (χ3v) is 4.92. The largest absolute Gasteiger partial charge is 0.481 e. The van der Waals surface area contributed by atoms with Gasteiger partial charge >= 0.3 is 5.97 Å². The van der Waals surface area contributed by atoms with E-state index in [1.165, 1.54) is 13.8 Å². The summed E-state index contributed by atoms with van der Waals surface area (Å²) >= 11 is 0. The van der Waals surface area contributed by atoms with Crippen LogP contribution in [0.15, 0.2) is 0 Å². The molecule has 0 heterocycles. The van der Waals surface area contributed by atoms with Gasteiger partial charge in [-0.3, -0.25) is 4.79 Å². The quantitative estimate of drug-likeness (QED) is 0.527. The second-order valence-corrected chi connectivity index (χ2v) is 6.15. The molecule has 2 atom stereocenters. The Kier molecular flexibility index (Phi) is 3.58. The smallest absolute Gasteiger partial charge is 0.311 e. The minimum Gasteiger partial charge on any atom is -0.481 e. The van der Waals surface area contributed by atoms with Crippen molar-refractivity contribution in [1.82, 2.24) is 0 Å². The van der Waals surface area contributed by atoms with Crippen molar-refractivity contribution in [1.29, 1.82) is 0 Å². The lowest BCUT2D eigenvalue weighted by Crippen LogP contribution is -2.26. The van der Waals surface area contributed by atoms with Crippen LogP contribution in [0.1, 0.15) is 25.0 Å². The molecule has 1 aliphatic carbocycles. The second kappa shape index (κ2) is 4.79. The minimum atomic E-state index is -1.79. The highest BCUT2D eigenvalue weighted by molar-refractivity contribution is 5.88. The van der Waals surface area contributed by atoms with Gasteiger partial charge in [0.15, 0.2) is 23.3 Å². The Labute approximate surface area is 123 Å². The first-order valence-electron chi connectivity index (χ1n) is 6.54. The van der Waals surface area contributed by atoms with Gasteiger partial charge in [0.05, 0.1) is 5.41 Å². The van der Waals surface area contributed by atoms with Crippen molar-refractivity contribution in [2.45, 2.75) is 27.2 Å². The van der Waals surface area contributed by atoms with Gasteiger partial charge in [-0.1, -0.05) is 13.8 Å². The number of hydrogen-bond acceptors (Lipinski definition) is 2. The van der Waals surface area contributed by atoms with Gasteiger partial charge in [-0.05, 0) is 18.8 Å². The second-order valence-electron chi connectivity index (χ2n) is 6.15. The molecule has 2 rings (SSSR count). The molecule has 0 aromatic heterocycles. The van der Waals surface area contributed by atoms with E-state index >= 15 is 0 Å². The normalized spacial score (nSPS) is 25.9. The van der Waals surface area contributed by atoms with E-state index in [-0.39, 0.29) is 0 Å². The topological polar surface area (TPSA) is 54.4 Å². The Hall–Kier alpha value is -1.92. The van der Waals surface area contributed by atoms with Gasteiger partial charge in [-0.25, -0.2) is 17.6 Å². The maximum atomic E-state index is 13.9. The lowest BCUT2D eigenvalue weighted by molar-refractivity contribution is -0.145. The van der Waals surface area contributed by atoms with Gasteiger partial charge in [0, 0.05) is 17.0 Å². The predicted molar refractivity (Wildman–Crippen MR) is 68.1 cm³/mol. The molecule has 1 saturated carbocycles. The maximum Gasteiger partial charge on any atom is 0.311 e. The number of aliphatic carboxylic acids is 1. The van der Waals surface area contributed by atoms with E-state index in [1.807, 2.05) is 0 Å². The van der Waals surface area contributed by atoms with Crippen molar-refractivity contribution in [3.8, 4) is 0 Å². The molecule has 1 fully saturated rings. The Balaban J connectivity index is 2.61. The molecule has 0 bridgehead atoms.